The summed E-state index contributed by atoms with van der Waals surface area (Å²) in [4.78, 5) is 23.9. The van der Waals surface area contributed by atoms with Gasteiger partial charge < -0.3 is 5.41 Å². The summed E-state index contributed by atoms with van der Waals surface area (Å²) in [5.41, 5.74) is 1.14. The van der Waals surface area contributed by atoms with Crippen molar-refractivity contribution < 1.29 is 9.59 Å². The topological polar surface area (TPSA) is 129 Å². The fourth-order valence-corrected chi connectivity index (χ4v) is 3.61. The largest absolute Gasteiger partial charge is 0.312 e. The zero-order chi connectivity index (χ0) is 25.9. The maximum absolute atomic E-state index is 12.0. The van der Waals surface area contributed by atoms with E-state index in [1.165, 1.54) is 0 Å². The lowest BCUT2D eigenvalue weighted by Gasteiger charge is -2.04. The van der Waals surface area contributed by atoms with Gasteiger partial charge in [0.15, 0.2) is 11.6 Å². The molecule has 0 aliphatic carbocycles. The molecule has 0 amide bonds. The lowest BCUT2D eigenvalue weighted by molar-refractivity contribution is 0.0969. The molecule has 0 saturated carbocycles. The minimum absolute atomic E-state index is 0.0503. The number of Topliss-reactive ketones (excluding diaryl/α,β-unsaturated/α-hetero) is 2. The van der Waals surface area contributed by atoms with Crippen molar-refractivity contribution in [2.24, 2.45) is 11.8 Å². The van der Waals surface area contributed by atoms with Gasteiger partial charge in [-0.3, -0.25) is 9.59 Å². The van der Waals surface area contributed by atoms with Crippen LogP contribution in [0.5, 0.6) is 0 Å². The summed E-state index contributed by atoms with van der Waals surface area (Å²) in [7, 11) is 0. The summed E-state index contributed by atoms with van der Waals surface area (Å²) in [5, 5.41) is 37.3. The Morgan fingerprint density at radius 1 is 0.667 bits per heavy atom. The molecule has 0 radical (unpaired) electrons. The second kappa shape index (κ2) is 12.4. The molecule has 0 bridgehead atoms. The van der Waals surface area contributed by atoms with Crippen molar-refractivity contribution in [1.82, 2.24) is 0 Å². The van der Waals surface area contributed by atoms with Crippen LogP contribution in [0.4, 0.5) is 0 Å². The standard InChI is InChI=1S/C15H12N2O.C15H10N2O/c2*16-9-11(10-17)7-15(18)14-6-5-12-3-1-2-4-13(12)8-14/h1-6,8-9,11,16H,7H2;1-6,8,11H,7H2. The van der Waals surface area contributed by atoms with E-state index >= 15 is 0 Å². The third-order valence-corrected chi connectivity index (χ3v) is 5.62. The molecule has 36 heavy (non-hydrogen) atoms. The highest BCUT2D eigenvalue weighted by Gasteiger charge is 2.14. The number of fused-ring (bicyclic) bond motifs is 2. The molecule has 1 atom stereocenters. The number of ketones is 2. The zero-order valence-corrected chi connectivity index (χ0v) is 19.4. The Morgan fingerprint density at radius 2 is 1.11 bits per heavy atom. The van der Waals surface area contributed by atoms with E-state index in [2.05, 4.69) is 0 Å². The molecular weight excluding hydrogens is 448 g/mol. The van der Waals surface area contributed by atoms with Crippen molar-refractivity contribution in [3.63, 3.8) is 0 Å². The molecule has 1 unspecified atom stereocenters. The Bertz CT molecular complexity index is 1540. The first-order chi connectivity index (χ1) is 17.5. The summed E-state index contributed by atoms with van der Waals surface area (Å²) in [6.45, 7) is 0. The molecule has 6 nitrogen and oxygen atoms in total. The van der Waals surface area contributed by atoms with Crippen LogP contribution >= 0.6 is 0 Å². The van der Waals surface area contributed by atoms with Gasteiger partial charge in [-0.15, -0.1) is 0 Å². The molecule has 4 aromatic carbocycles. The van der Waals surface area contributed by atoms with Gasteiger partial charge >= 0.3 is 0 Å². The third kappa shape index (κ3) is 6.48. The average Bonchev–Trinajstić information content (AvgIpc) is 2.94. The smallest absolute Gasteiger partial charge is 0.165 e. The molecule has 0 aromatic heterocycles. The summed E-state index contributed by atoms with van der Waals surface area (Å²) < 4.78 is 0. The zero-order valence-electron chi connectivity index (χ0n) is 19.4. The van der Waals surface area contributed by atoms with Crippen molar-refractivity contribution in [2.45, 2.75) is 12.8 Å². The van der Waals surface area contributed by atoms with Gasteiger partial charge in [-0.1, -0.05) is 72.8 Å². The average molecular weight is 471 g/mol. The van der Waals surface area contributed by atoms with Crippen LogP contribution < -0.4 is 0 Å². The van der Waals surface area contributed by atoms with Crippen LogP contribution in [0.1, 0.15) is 33.6 Å². The molecule has 0 saturated heterocycles. The predicted octanol–water partition coefficient (Wildman–Crippen LogP) is 6.28. The van der Waals surface area contributed by atoms with Crippen molar-refractivity contribution in [1.29, 1.82) is 21.2 Å². The van der Waals surface area contributed by atoms with Crippen LogP contribution in [0.15, 0.2) is 84.9 Å². The quantitative estimate of drug-likeness (QED) is 0.251. The number of carbonyl (C=O) groups is 2. The van der Waals surface area contributed by atoms with Crippen LogP contribution in [-0.4, -0.2) is 17.8 Å². The van der Waals surface area contributed by atoms with Crippen molar-refractivity contribution in [3.8, 4) is 18.2 Å². The van der Waals surface area contributed by atoms with Gasteiger partial charge in [0.25, 0.3) is 0 Å². The second-order valence-corrected chi connectivity index (χ2v) is 8.09. The molecule has 0 spiro atoms. The highest BCUT2D eigenvalue weighted by atomic mass is 16.1. The summed E-state index contributed by atoms with van der Waals surface area (Å²) in [6.07, 6.45) is 1.03. The van der Waals surface area contributed by atoms with E-state index < -0.39 is 11.8 Å². The molecule has 0 aliphatic heterocycles. The van der Waals surface area contributed by atoms with Crippen LogP contribution in [0.3, 0.4) is 0 Å². The number of benzene rings is 4. The highest BCUT2D eigenvalue weighted by Crippen LogP contribution is 2.19. The number of nitriles is 3. The monoisotopic (exact) mass is 470 g/mol. The first-order valence-electron chi connectivity index (χ1n) is 11.2. The van der Waals surface area contributed by atoms with Gasteiger partial charge in [-0.25, -0.2) is 0 Å². The molecule has 0 aliphatic rings. The Kier molecular flexibility index (Phi) is 8.76. The van der Waals surface area contributed by atoms with E-state index in [9.17, 15) is 9.59 Å². The molecular formula is C30H22N4O2. The number of nitrogens with one attached hydrogen (secondary N) is 1. The second-order valence-electron chi connectivity index (χ2n) is 8.09. The SMILES string of the molecule is N#CC(C#N)CC(=O)c1ccc2ccccc2c1.N#CC(C=N)CC(=O)c1ccc2ccccc2c1. The van der Waals surface area contributed by atoms with E-state index in [0.29, 0.717) is 11.1 Å². The van der Waals surface area contributed by atoms with Crippen LogP contribution in [0, 0.1) is 51.2 Å². The van der Waals surface area contributed by atoms with Gasteiger partial charge in [0.05, 0.1) is 24.1 Å². The Balaban J connectivity index is 0.000000201. The van der Waals surface area contributed by atoms with Gasteiger partial charge in [0, 0.05) is 30.2 Å². The molecule has 4 rings (SSSR count). The van der Waals surface area contributed by atoms with E-state index in [0.717, 1.165) is 27.8 Å². The minimum Gasteiger partial charge on any atom is -0.312 e. The Hall–Kier alpha value is -5.12. The van der Waals surface area contributed by atoms with E-state index in [-0.39, 0.29) is 24.4 Å². The number of carbonyl (C=O) groups excluding carboxylic acids is 2. The fraction of sp³-hybridized carbons (Fsp3) is 0.133. The maximum atomic E-state index is 12.0. The number of hydrogen-bond donors (Lipinski definition) is 1. The molecule has 4 aromatic rings. The summed E-state index contributed by atoms with van der Waals surface area (Å²) in [5.74, 6) is -1.78. The normalized spacial score (nSPS) is 10.8. The maximum Gasteiger partial charge on any atom is 0.165 e. The lowest BCUT2D eigenvalue weighted by atomic mass is 9.98. The van der Waals surface area contributed by atoms with Gasteiger partial charge in [-0.05, 0) is 33.7 Å². The van der Waals surface area contributed by atoms with Crippen molar-refractivity contribution >= 4 is 39.3 Å². The third-order valence-electron chi connectivity index (χ3n) is 5.62. The van der Waals surface area contributed by atoms with Crippen LogP contribution in [-0.2, 0) is 0 Å². The first-order valence-corrected chi connectivity index (χ1v) is 11.2. The number of rotatable bonds is 7. The van der Waals surface area contributed by atoms with E-state index in [1.807, 2.05) is 84.9 Å². The summed E-state index contributed by atoms with van der Waals surface area (Å²) in [6, 6.07) is 32.0. The highest BCUT2D eigenvalue weighted by molar-refractivity contribution is 6.01. The first kappa shape index (κ1) is 25.5. The molecule has 6 heteroatoms. The van der Waals surface area contributed by atoms with E-state index in [4.69, 9.17) is 21.2 Å². The van der Waals surface area contributed by atoms with Gasteiger partial charge in [0.2, 0.25) is 0 Å². The lowest BCUT2D eigenvalue weighted by Crippen LogP contribution is -2.08. The fourth-order valence-electron chi connectivity index (χ4n) is 3.61. The Morgan fingerprint density at radius 3 is 1.53 bits per heavy atom. The van der Waals surface area contributed by atoms with Crippen molar-refractivity contribution in [2.75, 3.05) is 0 Å². The van der Waals surface area contributed by atoms with Gasteiger partial charge in [0.1, 0.15) is 5.92 Å². The number of nitrogens with zero attached hydrogens (tertiary/aromatic N) is 3. The van der Waals surface area contributed by atoms with Crippen LogP contribution in [0.25, 0.3) is 21.5 Å². The van der Waals surface area contributed by atoms with E-state index in [1.54, 1.807) is 18.2 Å². The molecule has 0 heterocycles. The molecule has 1 N–H and O–H groups in total. The minimum atomic E-state index is -0.871. The van der Waals surface area contributed by atoms with Gasteiger partial charge in [-0.2, -0.15) is 15.8 Å². The number of hydrogen-bond acceptors (Lipinski definition) is 6. The summed E-state index contributed by atoms with van der Waals surface area (Å²) >= 11 is 0. The molecule has 174 valence electrons. The van der Waals surface area contributed by atoms with Crippen LogP contribution in [0.2, 0.25) is 0 Å². The van der Waals surface area contributed by atoms with Crippen molar-refractivity contribution in [3.05, 3.63) is 96.1 Å². The molecule has 0 fully saturated rings. The predicted molar refractivity (Wildman–Crippen MR) is 138 cm³/mol. The Labute approximate surface area is 209 Å².